The Bertz CT molecular complexity index is 116. The third kappa shape index (κ3) is 2.51. The highest BCUT2D eigenvalue weighted by atomic mass is 16.1. The van der Waals surface area contributed by atoms with E-state index in [9.17, 15) is 4.79 Å². The van der Waals surface area contributed by atoms with Gasteiger partial charge in [-0.25, -0.2) is 0 Å². The van der Waals surface area contributed by atoms with E-state index in [1.807, 2.05) is 6.92 Å². The highest BCUT2D eigenvalue weighted by molar-refractivity contribution is 5.78. The summed E-state index contributed by atoms with van der Waals surface area (Å²) < 4.78 is 0. The number of hydrogen-bond donors (Lipinski definition) is 0. The van der Waals surface area contributed by atoms with E-state index in [0.717, 1.165) is 0 Å². The van der Waals surface area contributed by atoms with Crippen molar-refractivity contribution in [3.8, 4) is 0 Å². The Morgan fingerprint density at radius 2 is 1.50 bits per heavy atom. The van der Waals surface area contributed by atoms with Gasteiger partial charge in [-0.1, -0.05) is 27.7 Å². The van der Waals surface area contributed by atoms with Gasteiger partial charge in [0.1, 0.15) is 5.78 Å². The topological polar surface area (TPSA) is 17.1 Å². The molecule has 1 nitrogen and oxygen atoms in total. The van der Waals surface area contributed by atoms with Gasteiger partial charge in [-0.2, -0.15) is 0 Å². The molecule has 0 spiro atoms. The van der Waals surface area contributed by atoms with Gasteiger partial charge in [0, 0.05) is 5.92 Å². The van der Waals surface area contributed by atoms with E-state index < -0.39 is 0 Å². The minimum absolute atomic E-state index is 0.222. The molecule has 0 aromatic rings. The number of hydrogen-bond acceptors (Lipinski definition) is 1. The molecule has 0 unspecified atom stereocenters. The molecule has 0 aliphatic heterocycles. The van der Waals surface area contributed by atoms with Crippen LogP contribution in [0.4, 0.5) is 0 Å². The Kier molecular flexibility index (Phi) is 3.62. The van der Waals surface area contributed by atoms with Crippen LogP contribution < -0.4 is 0 Å². The molecule has 0 aromatic carbocycles. The summed E-state index contributed by atoms with van der Waals surface area (Å²) in [5.74, 6) is 1.65. The first-order valence-corrected chi connectivity index (χ1v) is 3.97. The van der Waals surface area contributed by atoms with E-state index in [4.69, 9.17) is 0 Å². The molecule has 0 bridgehead atoms. The maximum absolute atomic E-state index is 10.9. The molecule has 60 valence electrons. The van der Waals surface area contributed by atoms with Crippen LogP contribution >= 0.6 is 0 Å². The number of rotatable bonds is 3. The van der Waals surface area contributed by atoms with Crippen LogP contribution in [0.3, 0.4) is 0 Å². The monoisotopic (exact) mass is 142 g/mol. The summed E-state index contributed by atoms with van der Waals surface area (Å²) in [6.07, 6.45) is 0. The van der Waals surface area contributed by atoms with E-state index in [-0.39, 0.29) is 5.92 Å². The second-order valence-corrected chi connectivity index (χ2v) is 3.50. The fourth-order valence-electron chi connectivity index (χ4n) is 0.948. The third-order valence-electron chi connectivity index (χ3n) is 2.48. The zero-order chi connectivity index (χ0) is 8.31. The van der Waals surface area contributed by atoms with Crippen LogP contribution in [-0.2, 0) is 4.79 Å². The van der Waals surface area contributed by atoms with E-state index >= 15 is 0 Å². The molecule has 0 saturated heterocycles. The standard InChI is InChI=1S/C9H18O/c1-6(2)7(3)8(4)9(5)10/h6-8H,1-5H3/t7-,8-/m1/s1. The molecule has 1 heteroatoms. The summed E-state index contributed by atoms with van der Waals surface area (Å²) in [5.41, 5.74) is 0. The summed E-state index contributed by atoms with van der Waals surface area (Å²) in [4.78, 5) is 10.9. The molecule has 0 saturated carbocycles. The summed E-state index contributed by atoms with van der Waals surface area (Å²) >= 11 is 0. The summed E-state index contributed by atoms with van der Waals surface area (Å²) in [7, 11) is 0. The molecule has 0 N–H and O–H groups in total. The van der Waals surface area contributed by atoms with Crippen molar-refractivity contribution < 1.29 is 4.79 Å². The fraction of sp³-hybridized carbons (Fsp3) is 0.889. The zero-order valence-corrected chi connectivity index (χ0v) is 7.64. The van der Waals surface area contributed by atoms with Crippen molar-refractivity contribution in [2.45, 2.75) is 34.6 Å². The number of carbonyl (C=O) groups excluding carboxylic acids is 1. The van der Waals surface area contributed by atoms with Crippen molar-refractivity contribution in [3.05, 3.63) is 0 Å². The fourth-order valence-corrected chi connectivity index (χ4v) is 0.948. The minimum Gasteiger partial charge on any atom is -0.300 e. The van der Waals surface area contributed by atoms with Gasteiger partial charge < -0.3 is 0 Å². The highest BCUT2D eigenvalue weighted by Gasteiger charge is 2.18. The minimum atomic E-state index is 0.222. The van der Waals surface area contributed by atoms with Crippen LogP contribution in [0.2, 0.25) is 0 Å². The Labute approximate surface area is 63.8 Å². The molecule has 0 rings (SSSR count). The summed E-state index contributed by atoms with van der Waals surface area (Å²) in [6, 6.07) is 0. The molecule has 0 aliphatic carbocycles. The zero-order valence-electron chi connectivity index (χ0n) is 7.64. The van der Waals surface area contributed by atoms with Crippen LogP contribution in [0.15, 0.2) is 0 Å². The molecule has 0 heterocycles. The largest absolute Gasteiger partial charge is 0.300 e. The Morgan fingerprint density at radius 1 is 1.10 bits per heavy atom. The smallest absolute Gasteiger partial charge is 0.132 e. The van der Waals surface area contributed by atoms with Crippen molar-refractivity contribution >= 4 is 5.78 Å². The van der Waals surface area contributed by atoms with Gasteiger partial charge in [-0.05, 0) is 18.8 Å². The third-order valence-corrected chi connectivity index (χ3v) is 2.48. The highest BCUT2D eigenvalue weighted by Crippen LogP contribution is 2.20. The van der Waals surface area contributed by atoms with Crippen molar-refractivity contribution in [1.29, 1.82) is 0 Å². The second-order valence-electron chi connectivity index (χ2n) is 3.50. The number of ketones is 1. The molecular weight excluding hydrogens is 124 g/mol. The Balaban J connectivity index is 3.94. The predicted octanol–water partition coefficient (Wildman–Crippen LogP) is 2.50. The molecule has 0 radical (unpaired) electrons. The van der Waals surface area contributed by atoms with E-state index in [0.29, 0.717) is 17.6 Å². The van der Waals surface area contributed by atoms with Gasteiger partial charge in [0.2, 0.25) is 0 Å². The van der Waals surface area contributed by atoms with Gasteiger partial charge in [0.25, 0.3) is 0 Å². The van der Waals surface area contributed by atoms with E-state index in [2.05, 4.69) is 20.8 Å². The normalized spacial score (nSPS) is 17.0. The quantitative estimate of drug-likeness (QED) is 0.591. The molecule has 10 heavy (non-hydrogen) atoms. The molecular formula is C9H18O. The van der Waals surface area contributed by atoms with E-state index in [1.54, 1.807) is 6.92 Å². The second kappa shape index (κ2) is 3.75. The van der Waals surface area contributed by atoms with Crippen molar-refractivity contribution in [2.75, 3.05) is 0 Å². The molecule has 0 aliphatic rings. The van der Waals surface area contributed by atoms with Crippen LogP contribution in [0.5, 0.6) is 0 Å². The maximum Gasteiger partial charge on any atom is 0.132 e. The van der Waals surface area contributed by atoms with Crippen molar-refractivity contribution in [2.24, 2.45) is 17.8 Å². The average molecular weight is 142 g/mol. The van der Waals surface area contributed by atoms with E-state index in [1.165, 1.54) is 0 Å². The average Bonchev–Trinajstić information content (AvgIpc) is 1.84. The van der Waals surface area contributed by atoms with Crippen molar-refractivity contribution in [3.63, 3.8) is 0 Å². The SMILES string of the molecule is CC(=O)[C@H](C)[C@H](C)C(C)C. The summed E-state index contributed by atoms with van der Waals surface area (Å²) in [6.45, 7) is 10.1. The maximum atomic E-state index is 10.9. The van der Waals surface area contributed by atoms with Crippen LogP contribution in [-0.4, -0.2) is 5.78 Å². The van der Waals surface area contributed by atoms with Gasteiger partial charge in [-0.15, -0.1) is 0 Å². The van der Waals surface area contributed by atoms with Crippen molar-refractivity contribution in [1.82, 2.24) is 0 Å². The lowest BCUT2D eigenvalue weighted by Gasteiger charge is -2.20. The van der Waals surface area contributed by atoms with Crippen LogP contribution in [0.25, 0.3) is 0 Å². The molecule has 0 aromatic heterocycles. The first-order valence-electron chi connectivity index (χ1n) is 3.97. The molecule has 0 fully saturated rings. The lowest BCUT2D eigenvalue weighted by molar-refractivity contribution is -0.122. The van der Waals surface area contributed by atoms with Gasteiger partial charge in [0.05, 0.1) is 0 Å². The first-order chi connectivity index (χ1) is 4.46. The van der Waals surface area contributed by atoms with Gasteiger partial charge in [-0.3, -0.25) is 4.79 Å². The number of Topliss-reactive ketones (excluding diaryl/α,β-unsaturated/α-hetero) is 1. The predicted molar refractivity (Wildman–Crippen MR) is 43.8 cm³/mol. The molecule has 0 amide bonds. The lowest BCUT2D eigenvalue weighted by Crippen LogP contribution is -2.20. The Hall–Kier alpha value is -0.330. The first kappa shape index (κ1) is 9.67. The van der Waals surface area contributed by atoms with Gasteiger partial charge >= 0.3 is 0 Å². The summed E-state index contributed by atoms with van der Waals surface area (Å²) in [5, 5.41) is 0. The van der Waals surface area contributed by atoms with Crippen LogP contribution in [0, 0.1) is 17.8 Å². The van der Waals surface area contributed by atoms with Crippen LogP contribution in [0.1, 0.15) is 34.6 Å². The lowest BCUT2D eigenvalue weighted by atomic mass is 9.84. The molecule has 2 atom stereocenters. The van der Waals surface area contributed by atoms with Gasteiger partial charge in [0.15, 0.2) is 0 Å². The number of carbonyl (C=O) groups is 1. The Morgan fingerprint density at radius 3 is 1.60 bits per heavy atom.